The van der Waals surface area contributed by atoms with Crippen LogP contribution in [0.5, 0.6) is 0 Å². The summed E-state index contributed by atoms with van der Waals surface area (Å²) in [4.78, 5) is 24.9. The number of carbonyl (C=O) groups excluding carboxylic acids is 2. The zero-order valence-electron chi connectivity index (χ0n) is 17.2. The Labute approximate surface area is 173 Å². The minimum Gasteiger partial charge on any atom is -0.469 e. The number of thiophene rings is 1. The number of aliphatic hydroxyl groups is 1. The highest BCUT2D eigenvalue weighted by atomic mass is 32.1. The molecule has 1 aromatic heterocycles. The SMILES string of the molecule is CCCCCCCCC(O)C=CC=Cc1ccc(C(=O)CCCC(=O)OC)s1. The highest BCUT2D eigenvalue weighted by Crippen LogP contribution is 2.20. The van der Waals surface area contributed by atoms with Crippen molar-refractivity contribution < 1.29 is 19.4 Å². The summed E-state index contributed by atoms with van der Waals surface area (Å²) in [6, 6.07) is 3.73. The molecule has 1 atom stereocenters. The lowest BCUT2D eigenvalue weighted by Gasteiger charge is -2.04. The van der Waals surface area contributed by atoms with Gasteiger partial charge >= 0.3 is 5.97 Å². The van der Waals surface area contributed by atoms with E-state index >= 15 is 0 Å². The average molecular weight is 407 g/mol. The average Bonchev–Trinajstić information content (AvgIpc) is 3.16. The number of methoxy groups -OCH3 is 1. The van der Waals surface area contributed by atoms with Crippen LogP contribution in [-0.4, -0.2) is 30.1 Å². The first-order valence-corrected chi connectivity index (χ1v) is 11.1. The quantitative estimate of drug-likeness (QED) is 0.169. The van der Waals surface area contributed by atoms with Gasteiger partial charge in [-0.25, -0.2) is 0 Å². The summed E-state index contributed by atoms with van der Waals surface area (Å²) in [6.07, 6.45) is 16.4. The van der Waals surface area contributed by atoms with E-state index in [1.807, 2.05) is 36.4 Å². The number of Topliss-reactive ketones (excluding diaryl/α,β-unsaturated/α-hetero) is 1. The van der Waals surface area contributed by atoms with Gasteiger partial charge in [0.2, 0.25) is 0 Å². The maximum Gasteiger partial charge on any atom is 0.305 e. The number of unbranched alkanes of at least 4 members (excludes halogenated alkanes) is 5. The van der Waals surface area contributed by atoms with Gasteiger partial charge in [-0.15, -0.1) is 11.3 Å². The van der Waals surface area contributed by atoms with Gasteiger partial charge < -0.3 is 9.84 Å². The first-order valence-electron chi connectivity index (χ1n) is 10.3. The molecule has 4 nitrogen and oxygen atoms in total. The van der Waals surface area contributed by atoms with E-state index in [0.29, 0.717) is 17.7 Å². The van der Waals surface area contributed by atoms with Crippen LogP contribution in [-0.2, 0) is 9.53 Å². The second-order valence-electron chi connectivity index (χ2n) is 6.92. The molecule has 5 heteroatoms. The van der Waals surface area contributed by atoms with Gasteiger partial charge in [0.1, 0.15) is 0 Å². The zero-order valence-corrected chi connectivity index (χ0v) is 18.0. The summed E-state index contributed by atoms with van der Waals surface area (Å²) in [6.45, 7) is 2.21. The largest absolute Gasteiger partial charge is 0.469 e. The number of hydrogen-bond donors (Lipinski definition) is 1. The van der Waals surface area contributed by atoms with Crippen molar-refractivity contribution in [2.75, 3.05) is 7.11 Å². The van der Waals surface area contributed by atoms with Crippen molar-refractivity contribution in [3.8, 4) is 0 Å². The molecule has 0 saturated heterocycles. The number of allylic oxidation sites excluding steroid dienone is 2. The Hall–Kier alpha value is -1.72. The van der Waals surface area contributed by atoms with Crippen LogP contribution < -0.4 is 0 Å². The number of esters is 1. The molecular weight excluding hydrogens is 372 g/mol. The molecular formula is C23H34O4S. The van der Waals surface area contributed by atoms with Crippen molar-refractivity contribution in [3.05, 3.63) is 40.1 Å². The monoisotopic (exact) mass is 406 g/mol. The Morgan fingerprint density at radius 1 is 1.07 bits per heavy atom. The zero-order chi connectivity index (χ0) is 20.6. The second kappa shape index (κ2) is 15.2. The van der Waals surface area contributed by atoms with Crippen molar-refractivity contribution in [2.24, 2.45) is 0 Å². The van der Waals surface area contributed by atoms with Crippen molar-refractivity contribution in [1.29, 1.82) is 0 Å². The summed E-state index contributed by atoms with van der Waals surface area (Å²) in [5.74, 6) is -0.230. The Morgan fingerprint density at radius 2 is 1.82 bits per heavy atom. The fourth-order valence-corrected chi connectivity index (χ4v) is 3.67. The van der Waals surface area contributed by atoms with Gasteiger partial charge in [0, 0.05) is 17.7 Å². The lowest BCUT2D eigenvalue weighted by molar-refractivity contribution is -0.140. The minimum absolute atomic E-state index is 0.0541. The van der Waals surface area contributed by atoms with Crippen molar-refractivity contribution >= 4 is 29.2 Å². The normalized spacial score (nSPS) is 12.7. The van der Waals surface area contributed by atoms with Crippen LogP contribution in [0.25, 0.3) is 6.08 Å². The van der Waals surface area contributed by atoms with Crippen LogP contribution in [0.2, 0.25) is 0 Å². The molecule has 1 unspecified atom stereocenters. The molecule has 0 fully saturated rings. The van der Waals surface area contributed by atoms with E-state index in [0.717, 1.165) is 17.7 Å². The minimum atomic E-state index is -0.397. The third-order valence-corrected chi connectivity index (χ3v) is 5.56. The van der Waals surface area contributed by atoms with E-state index < -0.39 is 6.10 Å². The van der Waals surface area contributed by atoms with Gasteiger partial charge in [0.15, 0.2) is 5.78 Å². The van der Waals surface area contributed by atoms with E-state index in [9.17, 15) is 14.7 Å². The van der Waals surface area contributed by atoms with Gasteiger partial charge in [-0.2, -0.15) is 0 Å². The van der Waals surface area contributed by atoms with Gasteiger partial charge in [0.25, 0.3) is 0 Å². The summed E-state index contributed by atoms with van der Waals surface area (Å²) in [5.41, 5.74) is 0. The van der Waals surface area contributed by atoms with Gasteiger partial charge in [0.05, 0.1) is 18.1 Å². The highest BCUT2D eigenvalue weighted by molar-refractivity contribution is 7.14. The lowest BCUT2D eigenvalue weighted by Crippen LogP contribution is -2.02. The maximum atomic E-state index is 12.1. The topological polar surface area (TPSA) is 63.6 Å². The third-order valence-electron chi connectivity index (χ3n) is 4.47. The highest BCUT2D eigenvalue weighted by Gasteiger charge is 2.09. The molecule has 1 aromatic rings. The Kier molecular flexibility index (Phi) is 13.2. The number of carbonyl (C=O) groups is 2. The number of ketones is 1. The third kappa shape index (κ3) is 11.2. The fraction of sp³-hybridized carbons (Fsp3) is 0.565. The molecule has 0 saturated carbocycles. The summed E-state index contributed by atoms with van der Waals surface area (Å²) in [5, 5.41) is 9.97. The molecule has 0 radical (unpaired) electrons. The molecule has 1 N–H and O–H groups in total. The Bertz CT molecular complexity index is 630. The standard InChI is InChI=1S/C23H34O4S/c1-3-4-5-6-7-8-12-19(24)13-9-10-14-20-17-18-22(28-20)21(25)15-11-16-23(26)27-2/h9-10,13-14,17-19,24H,3-8,11-12,15-16H2,1-2H3. The van der Waals surface area contributed by atoms with Crippen LogP contribution in [0, 0.1) is 0 Å². The number of hydrogen-bond acceptors (Lipinski definition) is 5. The van der Waals surface area contributed by atoms with Crippen molar-refractivity contribution in [3.63, 3.8) is 0 Å². The van der Waals surface area contributed by atoms with Crippen molar-refractivity contribution in [1.82, 2.24) is 0 Å². The molecule has 0 bridgehead atoms. The maximum absolute atomic E-state index is 12.1. The molecule has 0 aliphatic rings. The summed E-state index contributed by atoms with van der Waals surface area (Å²) >= 11 is 1.44. The molecule has 0 aromatic carbocycles. The summed E-state index contributed by atoms with van der Waals surface area (Å²) in [7, 11) is 1.35. The Morgan fingerprint density at radius 3 is 2.57 bits per heavy atom. The number of ether oxygens (including phenoxy) is 1. The van der Waals surface area contributed by atoms with E-state index in [-0.39, 0.29) is 18.2 Å². The molecule has 28 heavy (non-hydrogen) atoms. The number of rotatable bonds is 15. The molecule has 0 aliphatic carbocycles. The predicted molar refractivity (Wildman–Crippen MR) is 117 cm³/mol. The molecule has 0 spiro atoms. The fourth-order valence-electron chi connectivity index (χ4n) is 2.78. The lowest BCUT2D eigenvalue weighted by atomic mass is 10.1. The number of aliphatic hydroxyl groups excluding tert-OH is 1. The van der Waals surface area contributed by atoms with E-state index in [1.54, 1.807) is 0 Å². The second-order valence-corrected chi connectivity index (χ2v) is 8.04. The van der Waals surface area contributed by atoms with Gasteiger partial charge in [-0.05, 0) is 31.1 Å². The van der Waals surface area contributed by atoms with Crippen LogP contribution in [0.3, 0.4) is 0 Å². The molecule has 0 amide bonds. The van der Waals surface area contributed by atoms with E-state index in [2.05, 4.69) is 11.7 Å². The molecule has 0 aliphatic heterocycles. The van der Waals surface area contributed by atoms with Crippen LogP contribution in [0.15, 0.2) is 30.4 Å². The van der Waals surface area contributed by atoms with Crippen LogP contribution in [0.4, 0.5) is 0 Å². The first-order chi connectivity index (χ1) is 13.6. The predicted octanol–water partition coefficient (Wildman–Crippen LogP) is 5.96. The van der Waals surface area contributed by atoms with Gasteiger partial charge in [-0.3, -0.25) is 9.59 Å². The Balaban J connectivity index is 2.28. The van der Waals surface area contributed by atoms with E-state index in [4.69, 9.17) is 0 Å². The van der Waals surface area contributed by atoms with Gasteiger partial charge in [-0.1, -0.05) is 63.7 Å². The molecule has 1 heterocycles. The smallest absolute Gasteiger partial charge is 0.305 e. The molecule has 1 rings (SSSR count). The van der Waals surface area contributed by atoms with Crippen LogP contribution >= 0.6 is 11.3 Å². The first kappa shape index (κ1) is 24.3. The molecule has 156 valence electrons. The van der Waals surface area contributed by atoms with Crippen molar-refractivity contribution in [2.45, 2.75) is 77.2 Å². The summed E-state index contributed by atoms with van der Waals surface area (Å²) < 4.78 is 4.57. The van der Waals surface area contributed by atoms with E-state index in [1.165, 1.54) is 50.6 Å². The van der Waals surface area contributed by atoms with Crippen LogP contribution in [0.1, 0.15) is 85.7 Å².